The number of aliphatic hydroxyl groups excluding tert-OH is 1. The molecule has 2 heterocycles. The number of amides is 1. The van der Waals surface area contributed by atoms with Crippen molar-refractivity contribution < 1.29 is 23.4 Å². The molecule has 31 heavy (non-hydrogen) atoms. The first-order valence-corrected chi connectivity index (χ1v) is 9.64. The minimum Gasteiger partial charge on any atom is -0.491 e. The van der Waals surface area contributed by atoms with Crippen LogP contribution in [0.1, 0.15) is 10.5 Å². The van der Waals surface area contributed by atoms with Gasteiger partial charge in [-0.1, -0.05) is 24.3 Å². The Kier molecular flexibility index (Phi) is 6.09. The molecule has 0 aliphatic carbocycles. The highest BCUT2D eigenvalue weighted by molar-refractivity contribution is 5.94. The summed E-state index contributed by atoms with van der Waals surface area (Å²) in [7, 11) is 0. The summed E-state index contributed by atoms with van der Waals surface area (Å²) in [6.45, 7) is -0.149. The molecule has 0 aliphatic rings. The van der Waals surface area contributed by atoms with Gasteiger partial charge in [0.15, 0.2) is 5.76 Å². The van der Waals surface area contributed by atoms with E-state index in [0.29, 0.717) is 22.9 Å². The third kappa shape index (κ3) is 4.99. The standard InChI is InChI=1S/C23H20FN3O4/c24-16-6-4-9-19(12-16)31-15-18(28)14-25-23(29)21-13-20(22-10-5-11-30-22)26-27(21)17-7-2-1-3-8-17/h1-13,18,28H,14-15H2,(H,25,29)/t18-/m0/s1. The summed E-state index contributed by atoms with van der Waals surface area (Å²) in [5, 5.41) is 17.3. The molecule has 0 fully saturated rings. The fraction of sp³-hybridized carbons (Fsp3) is 0.130. The number of nitrogens with zero attached hydrogens (tertiary/aromatic N) is 2. The molecule has 0 spiro atoms. The molecular formula is C23H20FN3O4. The zero-order valence-electron chi connectivity index (χ0n) is 16.4. The van der Waals surface area contributed by atoms with Crippen molar-refractivity contribution in [2.75, 3.05) is 13.2 Å². The lowest BCUT2D eigenvalue weighted by atomic mass is 10.2. The van der Waals surface area contributed by atoms with E-state index in [-0.39, 0.29) is 18.8 Å². The normalized spacial score (nSPS) is 11.8. The van der Waals surface area contributed by atoms with Gasteiger partial charge in [0.1, 0.15) is 35.7 Å². The maximum absolute atomic E-state index is 13.2. The number of para-hydroxylation sites is 1. The molecular weight excluding hydrogens is 401 g/mol. The van der Waals surface area contributed by atoms with E-state index in [2.05, 4.69) is 10.4 Å². The number of carbonyl (C=O) groups excluding carboxylic acids is 1. The Morgan fingerprint density at radius 3 is 2.71 bits per heavy atom. The molecule has 0 saturated heterocycles. The minimum absolute atomic E-state index is 0.0514. The quantitative estimate of drug-likeness (QED) is 0.455. The Bertz CT molecular complexity index is 1140. The van der Waals surface area contributed by atoms with Gasteiger partial charge in [-0.25, -0.2) is 9.07 Å². The summed E-state index contributed by atoms with van der Waals surface area (Å²) in [5.41, 5.74) is 1.50. The van der Waals surface area contributed by atoms with Gasteiger partial charge in [0.05, 0.1) is 12.0 Å². The van der Waals surface area contributed by atoms with E-state index in [1.54, 1.807) is 24.3 Å². The number of nitrogens with one attached hydrogen (secondary N) is 1. The molecule has 2 aromatic heterocycles. The van der Waals surface area contributed by atoms with Crippen molar-refractivity contribution in [3.63, 3.8) is 0 Å². The van der Waals surface area contributed by atoms with Gasteiger partial charge in [0.25, 0.3) is 5.91 Å². The van der Waals surface area contributed by atoms with Crippen molar-refractivity contribution in [1.82, 2.24) is 15.1 Å². The number of aliphatic hydroxyl groups is 1. The lowest BCUT2D eigenvalue weighted by molar-refractivity contribution is 0.0837. The van der Waals surface area contributed by atoms with Crippen LogP contribution in [-0.2, 0) is 0 Å². The average molecular weight is 421 g/mol. The summed E-state index contributed by atoms with van der Waals surface area (Å²) in [4.78, 5) is 12.8. The highest BCUT2D eigenvalue weighted by Crippen LogP contribution is 2.22. The molecule has 4 aromatic rings. The van der Waals surface area contributed by atoms with Crippen molar-refractivity contribution in [3.05, 3.63) is 90.6 Å². The third-order valence-electron chi connectivity index (χ3n) is 4.45. The largest absolute Gasteiger partial charge is 0.491 e. The second-order valence-corrected chi connectivity index (χ2v) is 6.77. The van der Waals surface area contributed by atoms with Crippen LogP contribution in [0.25, 0.3) is 17.1 Å². The third-order valence-corrected chi connectivity index (χ3v) is 4.45. The fourth-order valence-corrected chi connectivity index (χ4v) is 2.96. The summed E-state index contributed by atoms with van der Waals surface area (Å²) < 4.78 is 25.5. The van der Waals surface area contributed by atoms with E-state index >= 15 is 0 Å². The molecule has 158 valence electrons. The number of hydrogen-bond acceptors (Lipinski definition) is 5. The Labute approximate surface area is 177 Å². The Balaban J connectivity index is 1.45. The zero-order valence-corrected chi connectivity index (χ0v) is 16.4. The van der Waals surface area contributed by atoms with Gasteiger partial charge >= 0.3 is 0 Å². The molecule has 2 aromatic carbocycles. The molecule has 0 saturated carbocycles. The van der Waals surface area contributed by atoms with Crippen LogP contribution in [0.3, 0.4) is 0 Å². The molecule has 2 N–H and O–H groups in total. The Morgan fingerprint density at radius 1 is 1.13 bits per heavy atom. The maximum atomic E-state index is 13.2. The molecule has 1 atom stereocenters. The lowest BCUT2D eigenvalue weighted by Crippen LogP contribution is -2.36. The van der Waals surface area contributed by atoms with E-state index in [4.69, 9.17) is 9.15 Å². The van der Waals surface area contributed by atoms with Crippen LogP contribution in [0.4, 0.5) is 4.39 Å². The van der Waals surface area contributed by atoms with Crippen molar-refractivity contribution in [3.8, 4) is 22.9 Å². The molecule has 8 heteroatoms. The first-order chi connectivity index (χ1) is 15.1. The van der Waals surface area contributed by atoms with Gasteiger partial charge in [0, 0.05) is 18.7 Å². The van der Waals surface area contributed by atoms with Crippen LogP contribution in [0, 0.1) is 5.82 Å². The number of ether oxygens (including phenoxy) is 1. The van der Waals surface area contributed by atoms with Crippen molar-refractivity contribution in [1.29, 1.82) is 0 Å². The predicted octanol–water partition coefficient (Wildman–Crippen LogP) is 3.44. The van der Waals surface area contributed by atoms with Crippen LogP contribution in [0.2, 0.25) is 0 Å². The van der Waals surface area contributed by atoms with Crippen LogP contribution >= 0.6 is 0 Å². The number of rotatable bonds is 8. The fourth-order valence-electron chi connectivity index (χ4n) is 2.96. The number of hydrogen-bond donors (Lipinski definition) is 2. The topological polar surface area (TPSA) is 89.5 Å². The van der Waals surface area contributed by atoms with Crippen LogP contribution in [0.15, 0.2) is 83.5 Å². The molecule has 4 rings (SSSR count). The molecule has 1 amide bonds. The summed E-state index contributed by atoms with van der Waals surface area (Å²) in [5.74, 6) is -0.0105. The zero-order chi connectivity index (χ0) is 21.6. The van der Waals surface area contributed by atoms with E-state index in [1.165, 1.54) is 29.1 Å². The second kappa shape index (κ2) is 9.27. The first kappa shape index (κ1) is 20.4. The van der Waals surface area contributed by atoms with Gasteiger partial charge in [-0.2, -0.15) is 5.10 Å². The molecule has 0 aliphatic heterocycles. The van der Waals surface area contributed by atoms with Crippen LogP contribution < -0.4 is 10.1 Å². The van der Waals surface area contributed by atoms with E-state index in [0.717, 1.165) is 0 Å². The van der Waals surface area contributed by atoms with Gasteiger partial charge in [-0.05, 0) is 36.4 Å². The molecule has 0 unspecified atom stereocenters. The Hall–Kier alpha value is -3.91. The molecule has 7 nitrogen and oxygen atoms in total. The van der Waals surface area contributed by atoms with Gasteiger partial charge in [0.2, 0.25) is 0 Å². The number of carbonyl (C=O) groups is 1. The summed E-state index contributed by atoms with van der Waals surface area (Å²) in [6, 6.07) is 20.0. The van der Waals surface area contributed by atoms with E-state index in [1.807, 2.05) is 30.3 Å². The Morgan fingerprint density at radius 2 is 1.97 bits per heavy atom. The highest BCUT2D eigenvalue weighted by atomic mass is 19.1. The van der Waals surface area contributed by atoms with Crippen molar-refractivity contribution in [2.24, 2.45) is 0 Å². The number of aromatic nitrogens is 2. The van der Waals surface area contributed by atoms with Crippen molar-refractivity contribution in [2.45, 2.75) is 6.10 Å². The van der Waals surface area contributed by atoms with Crippen LogP contribution in [-0.4, -0.2) is 40.0 Å². The smallest absolute Gasteiger partial charge is 0.270 e. The lowest BCUT2D eigenvalue weighted by Gasteiger charge is -2.14. The predicted molar refractivity (Wildman–Crippen MR) is 112 cm³/mol. The van der Waals surface area contributed by atoms with Crippen LogP contribution in [0.5, 0.6) is 5.75 Å². The average Bonchev–Trinajstić information content (AvgIpc) is 3.47. The minimum atomic E-state index is -0.982. The summed E-state index contributed by atoms with van der Waals surface area (Å²) in [6.07, 6.45) is 0.552. The first-order valence-electron chi connectivity index (χ1n) is 9.64. The highest BCUT2D eigenvalue weighted by Gasteiger charge is 2.19. The van der Waals surface area contributed by atoms with E-state index < -0.39 is 17.8 Å². The number of benzene rings is 2. The van der Waals surface area contributed by atoms with Gasteiger partial charge in [-0.15, -0.1) is 0 Å². The molecule has 0 radical (unpaired) electrons. The van der Waals surface area contributed by atoms with Gasteiger partial charge in [-0.3, -0.25) is 4.79 Å². The SMILES string of the molecule is O=C(NC[C@H](O)COc1cccc(F)c1)c1cc(-c2ccco2)nn1-c1ccccc1. The molecule has 0 bridgehead atoms. The van der Waals surface area contributed by atoms with Crippen molar-refractivity contribution >= 4 is 5.91 Å². The number of halogens is 1. The number of furan rings is 1. The monoisotopic (exact) mass is 421 g/mol. The maximum Gasteiger partial charge on any atom is 0.270 e. The summed E-state index contributed by atoms with van der Waals surface area (Å²) >= 11 is 0. The van der Waals surface area contributed by atoms with Gasteiger partial charge < -0.3 is 19.6 Å². The second-order valence-electron chi connectivity index (χ2n) is 6.77. The van der Waals surface area contributed by atoms with E-state index in [9.17, 15) is 14.3 Å².